The van der Waals surface area contributed by atoms with Gasteiger partial charge in [0.25, 0.3) is 0 Å². The van der Waals surface area contributed by atoms with Crippen LogP contribution in [0.3, 0.4) is 0 Å². The third-order valence-corrected chi connectivity index (χ3v) is 8.06. The molecule has 0 aliphatic rings. The smallest absolute Gasteiger partial charge is 0.776 e. The average Bonchev–Trinajstić information content (AvgIpc) is 2.60. The van der Waals surface area contributed by atoms with Crippen molar-refractivity contribution >= 4 is 15.2 Å². The maximum atomic E-state index is 11.4. The van der Waals surface area contributed by atoms with E-state index in [-0.39, 0.29) is 36.2 Å². The van der Waals surface area contributed by atoms with Crippen LogP contribution in [0.25, 0.3) is 0 Å². The molecule has 7 nitrogen and oxygen atoms in total. The van der Waals surface area contributed by atoms with Crippen LogP contribution < -0.4 is 34.5 Å². The second kappa shape index (κ2) is 19.0. The van der Waals surface area contributed by atoms with E-state index in [1.165, 1.54) is 70.6 Å². The van der Waals surface area contributed by atoms with Gasteiger partial charge in [-0.05, 0) is 6.42 Å². The first-order chi connectivity index (χ1) is 12.7. The Labute approximate surface area is 193 Å². The molecule has 0 heterocycles. The third kappa shape index (κ3) is 18.1. The van der Waals surface area contributed by atoms with Crippen molar-refractivity contribution in [1.29, 1.82) is 0 Å². The molecule has 10 heteroatoms. The van der Waals surface area contributed by atoms with Gasteiger partial charge in [0, 0.05) is 0 Å². The molecule has 0 rings (SSSR count). The molecule has 0 bridgehead atoms. The van der Waals surface area contributed by atoms with Crippen LogP contribution in [0.2, 0.25) is 0 Å². The number of rotatable bonds is 19. The molecule has 0 spiro atoms. The summed E-state index contributed by atoms with van der Waals surface area (Å²) in [7, 11) is -10.1. The van der Waals surface area contributed by atoms with E-state index in [0.29, 0.717) is 6.42 Å². The molecule has 0 aromatic heterocycles. The Hall–Kier alpha value is 1.26. The van der Waals surface area contributed by atoms with Crippen LogP contribution in [0, 0.1) is 0 Å². The standard InChI is InChI=1S/C18H40O7P2.Na/c1-2-3-4-5-6-7-8-9-10-11-12-13-14-15-16-17-25-27(23,24)18(19)26(20,21)22;/h18-19H,2-17H2,1H3,(H,23,24)(H2,20,21,22);/q;+1/p-1. The van der Waals surface area contributed by atoms with Crippen molar-refractivity contribution < 1.29 is 63.0 Å². The second-order valence-corrected chi connectivity index (χ2v) is 11.2. The Balaban J connectivity index is 0. The van der Waals surface area contributed by atoms with Gasteiger partial charge in [0.05, 0.1) is 6.61 Å². The summed E-state index contributed by atoms with van der Waals surface area (Å²) in [4.78, 5) is 28.7. The van der Waals surface area contributed by atoms with Crippen molar-refractivity contribution in [3.8, 4) is 0 Å². The van der Waals surface area contributed by atoms with Crippen LogP contribution in [0.15, 0.2) is 0 Å². The topological polar surface area (TPSA) is 127 Å². The fraction of sp³-hybridized carbons (Fsp3) is 1.00. The number of hydrogen-bond acceptors (Lipinski definition) is 5. The molecule has 0 amide bonds. The van der Waals surface area contributed by atoms with Crippen molar-refractivity contribution in [3.63, 3.8) is 0 Å². The van der Waals surface area contributed by atoms with Gasteiger partial charge in [-0.25, -0.2) is 0 Å². The van der Waals surface area contributed by atoms with Crippen molar-refractivity contribution in [2.45, 2.75) is 109 Å². The molecule has 164 valence electrons. The molecule has 2 unspecified atom stereocenters. The van der Waals surface area contributed by atoms with Crippen LogP contribution in [-0.4, -0.2) is 27.1 Å². The zero-order chi connectivity index (χ0) is 20.6. The molecule has 0 aromatic rings. The van der Waals surface area contributed by atoms with Gasteiger partial charge in [-0.1, -0.05) is 96.8 Å². The summed E-state index contributed by atoms with van der Waals surface area (Å²) in [6, 6.07) is 0. The van der Waals surface area contributed by atoms with E-state index in [1.807, 2.05) is 0 Å². The second-order valence-electron chi connectivity index (χ2n) is 7.26. The van der Waals surface area contributed by atoms with Gasteiger partial charge in [-0.15, -0.1) is 0 Å². The average molecular weight is 452 g/mol. The summed E-state index contributed by atoms with van der Waals surface area (Å²) >= 11 is 0. The van der Waals surface area contributed by atoms with Gasteiger partial charge in [0.2, 0.25) is 5.59 Å². The Morgan fingerprint density at radius 1 is 0.750 bits per heavy atom. The first kappa shape index (κ1) is 31.4. The molecule has 0 aliphatic carbocycles. The fourth-order valence-electron chi connectivity index (χ4n) is 2.92. The minimum atomic E-state index is -5.11. The van der Waals surface area contributed by atoms with E-state index in [0.717, 1.165) is 19.3 Å². The summed E-state index contributed by atoms with van der Waals surface area (Å²) in [5, 5.41) is 9.08. The molecule has 0 aromatic carbocycles. The minimum Gasteiger partial charge on any atom is -0.776 e. The van der Waals surface area contributed by atoms with Gasteiger partial charge in [-0.2, -0.15) is 0 Å². The van der Waals surface area contributed by atoms with Crippen molar-refractivity contribution in [1.82, 2.24) is 0 Å². The molecule has 3 N–H and O–H groups in total. The van der Waals surface area contributed by atoms with E-state index in [1.54, 1.807) is 0 Å². The first-order valence-electron chi connectivity index (χ1n) is 10.4. The van der Waals surface area contributed by atoms with Gasteiger partial charge in [-0.3, -0.25) is 4.57 Å². The SMILES string of the molecule is CCCCCCCCCCCCCCCCCOP(=O)([O-])C(O)P(=O)(O)O.[Na+]. The van der Waals surface area contributed by atoms with Crippen molar-refractivity contribution in [3.05, 3.63) is 0 Å². The van der Waals surface area contributed by atoms with Crippen LogP contribution >= 0.6 is 15.2 Å². The fourth-order valence-corrected chi connectivity index (χ4v) is 5.11. The number of hydrogen-bond donors (Lipinski definition) is 3. The summed E-state index contributed by atoms with van der Waals surface area (Å²) in [5.41, 5.74) is -2.78. The quantitative estimate of drug-likeness (QED) is 0.155. The maximum absolute atomic E-state index is 11.4. The predicted molar refractivity (Wildman–Crippen MR) is 107 cm³/mol. The predicted octanol–water partition coefficient (Wildman–Crippen LogP) is 1.89. The molecule has 2 atom stereocenters. The van der Waals surface area contributed by atoms with E-state index in [9.17, 15) is 14.0 Å². The molecule has 0 aliphatic heterocycles. The van der Waals surface area contributed by atoms with E-state index in [4.69, 9.17) is 14.9 Å². The molecule has 0 saturated carbocycles. The summed E-state index contributed by atoms with van der Waals surface area (Å²) in [6.45, 7) is 2.08. The Kier molecular flexibility index (Phi) is 21.3. The van der Waals surface area contributed by atoms with E-state index in [2.05, 4.69) is 11.4 Å². The van der Waals surface area contributed by atoms with Gasteiger partial charge >= 0.3 is 37.2 Å². The first-order valence-corrected chi connectivity index (χ1v) is 13.7. The Morgan fingerprint density at radius 2 is 1.07 bits per heavy atom. The van der Waals surface area contributed by atoms with Crippen LogP contribution in [-0.2, 0) is 13.7 Å². The third-order valence-electron chi connectivity index (χ3n) is 4.60. The van der Waals surface area contributed by atoms with Gasteiger partial charge < -0.3 is 28.9 Å². The molecule has 0 saturated heterocycles. The molecule has 0 fully saturated rings. The van der Waals surface area contributed by atoms with E-state index < -0.39 is 20.8 Å². The summed E-state index contributed by atoms with van der Waals surface area (Å²) in [5.74, 6) is 0. The Bertz CT molecular complexity index is 446. The maximum Gasteiger partial charge on any atom is 1.00 e. The molecular formula is C18H39NaO7P2. The normalized spacial score (nSPS) is 15.0. The molecule has 0 radical (unpaired) electrons. The van der Waals surface area contributed by atoms with Crippen molar-refractivity contribution in [2.75, 3.05) is 6.61 Å². The largest absolute Gasteiger partial charge is 1.00 e. The van der Waals surface area contributed by atoms with Crippen LogP contribution in [0.4, 0.5) is 0 Å². The van der Waals surface area contributed by atoms with Crippen LogP contribution in [0.5, 0.6) is 0 Å². The van der Waals surface area contributed by atoms with E-state index >= 15 is 0 Å². The molecular weight excluding hydrogens is 413 g/mol. The van der Waals surface area contributed by atoms with Gasteiger partial charge in [0.1, 0.15) is 0 Å². The zero-order valence-electron chi connectivity index (χ0n) is 17.8. The molecule has 28 heavy (non-hydrogen) atoms. The number of aliphatic hydroxyl groups excluding tert-OH is 1. The Morgan fingerprint density at radius 3 is 1.39 bits per heavy atom. The summed E-state index contributed by atoms with van der Waals surface area (Å²) < 4.78 is 26.6. The van der Waals surface area contributed by atoms with Crippen LogP contribution in [0.1, 0.15) is 103 Å². The number of unbranched alkanes of at least 4 members (excludes halogenated alkanes) is 14. The summed E-state index contributed by atoms with van der Waals surface area (Å²) in [6.07, 6.45) is 17.8. The minimum absolute atomic E-state index is 0. The monoisotopic (exact) mass is 452 g/mol. The van der Waals surface area contributed by atoms with Crippen molar-refractivity contribution in [2.24, 2.45) is 0 Å². The number of aliphatic hydroxyl groups is 1. The zero-order valence-corrected chi connectivity index (χ0v) is 21.5. The van der Waals surface area contributed by atoms with Gasteiger partial charge in [0.15, 0.2) is 7.60 Å².